The van der Waals surface area contributed by atoms with Crippen LogP contribution in [0, 0.1) is 12.7 Å². The van der Waals surface area contributed by atoms with Gasteiger partial charge in [-0.25, -0.2) is 9.37 Å². The van der Waals surface area contributed by atoms with Crippen LogP contribution in [0.4, 0.5) is 10.3 Å². The minimum atomic E-state index is -0.206. The quantitative estimate of drug-likeness (QED) is 0.878. The number of halogens is 1. The fourth-order valence-electron chi connectivity index (χ4n) is 1.88. The largest absolute Gasteiger partial charge is 0.352 e. The molecule has 96 valence electrons. The maximum atomic E-state index is 12.8. The molecule has 0 spiro atoms. The molecule has 0 saturated heterocycles. The van der Waals surface area contributed by atoms with Gasteiger partial charge in [0.05, 0.1) is 5.69 Å². The Labute approximate surface area is 107 Å². The lowest BCUT2D eigenvalue weighted by Gasteiger charge is -2.08. The molecule has 1 N–H and O–H groups in total. The Morgan fingerprint density at radius 3 is 2.67 bits per heavy atom. The third-order valence-electron chi connectivity index (χ3n) is 2.73. The van der Waals surface area contributed by atoms with Crippen LogP contribution < -0.4 is 5.32 Å². The van der Waals surface area contributed by atoms with Crippen LogP contribution in [0.15, 0.2) is 30.5 Å². The number of nitrogens with one attached hydrogen (secondary N) is 1. The molecular formula is C14H18FN3. The van der Waals surface area contributed by atoms with Gasteiger partial charge in [-0.1, -0.05) is 19.1 Å². The SMILES string of the molecule is CCCn1cc(C)nc1NCc1ccc(F)cc1. The summed E-state index contributed by atoms with van der Waals surface area (Å²) in [6.45, 7) is 5.72. The third-order valence-corrected chi connectivity index (χ3v) is 2.73. The lowest BCUT2D eigenvalue weighted by molar-refractivity contribution is 0.627. The number of hydrogen-bond acceptors (Lipinski definition) is 2. The smallest absolute Gasteiger partial charge is 0.203 e. The van der Waals surface area contributed by atoms with Gasteiger partial charge >= 0.3 is 0 Å². The Hall–Kier alpha value is -1.84. The molecule has 0 radical (unpaired) electrons. The number of benzene rings is 1. The molecule has 0 fully saturated rings. The molecular weight excluding hydrogens is 229 g/mol. The van der Waals surface area contributed by atoms with E-state index in [4.69, 9.17) is 0 Å². The predicted octanol–water partition coefficient (Wildman–Crippen LogP) is 3.35. The van der Waals surface area contributed by atoms with Gasteiger partial charge in [0.25, 0.3) is 0 Å². The van der Waals surface area contributed by atoms with E-state index in [2.05, 4.69) is 21.8 Å². The summed E-state index contributed by atoms with van der Waals surface area (Å²) in [6.07, 6.45) is 3.11. The summed E-state index contributed by atoms with van der Waals surface area (Å²) in [5.41, 5.74) is 2.05. The van der Waals surface area contributed by atoms with E-state index in [0.717, 1.165) is 30.2 Å². The van der Waals surface area contributed by atoms with Crippen LogP contribution in [0.1, 0.15) is 24.6 Å². The second-order valence-electron chi connectivity index (χ2n) is 4.38. The van der Waals surface area contributed by atoms with Crippen molar-refractivity contribution in [2.45, 2.75) is 33.4 Å². The first kappa shape index (κ1) is 12.6. The van der Waals surface area contributed by atoms with Gasteiger partial charge < -0.3 is 9.88 Å². The number of nitrogens with zero attached hydrogens (tertiary/aromatic N) is 2. The monoisotopic (exact) mass is 247 g/mol. The number of rotatable bonds is 5. The molecule has 1 heterocycles. The van der Waals surface area contributed by atoms with Crippen LogP contribution in [0.3, 0.4) is 0 Å². The Kier molecular flexibility index (Phi) is 3.97. The van der Waals surface area contributed by atoms with Crippen molar-refractivity contribution >= 4 is 5.95 Å². The Morgan fingerprint density at radius 1 is 1.28 bits per heavy atom. The van der Waals surface area contributed by atoms with Crippen LogP contribution >= 0.6 is 0 Å². The van der Waals surface area contributed by atoms with E-state index in [9.17, 15) is 4.39 Å². The van der Waals surface area contributed by atoms with E-state index < -0.39 is 0 Å². The van der Waals surface area contributed by atoms with E-state index >= 15 is 0 Å². The van der Waals surface area contributed by atoms with E-state index in [0.29, 0.717) is 6.54 Å². The Bertz CT molecular complexity index is 502. The molecule has 0 amide bonds. The van der Waals surface area contributed by atoms with Gasteiger partial charge in [0.1, 0.15) is 5.82 Å². The molecule has 4 heteroatoms. The number of hydrogen-bond donors (Lipinski definition) is 1. The van der Waals surface area contributed by atoms with Gasteiger partial charge in [-0.15, -0.1) is 0 Å². The maximum Gasteiger partial charge on any atom is 0.203 e. The fourth-order valence-corrected chi connectivity index (χ4v) is 1.88. The van der Waals surface area contributed by atoms with Crippen LogP contribution in [-0.2, 0) is 13.1 Å². The summed E-state index contributed by atoms with van der Waals surface area (Å²) in [5.74, 6) is 0.667. The standard InChI is InChI=1S/C14H18FN3/c1-3-8-18-10-11(2)17-14(18)16-9-12-4-6-13(15)7-5-12/h4-7,10H,3,8-9H2,1-2H3,(H,16,17). The molecule has 0 aliphatic heterocycles. The van der Waals surface area contributed by atoms with Crippen molar-refractivity contribution in [2.75, 3.05) is 5.32 Å². The van der Waals surface area contributed by atoms with Crippen molar-refractivity contribution in [3.63, 3.8) is 0 Å². The first-order valence-electron chi connectivity index (χ1n) is 6.21. The second kappa shape index (κ2) is 5.67. The average Bonchev–Trinajstić information content (AvgIpc) is 2.70. The molecule has 1 aromatic heterocycles. The number of imidazole rings is 1. The van der Waals surface area contributed by atoms with Crippen LogP contribution in [-0.4, -0.2) is 9.55 Å². The van der Waals surface area contributed by atoms with Crippen LogP contribution in [0.2, 0.25) is 0 Å². The highest BCUT2D eigenvalue weighted by atomic mass is 19.1. The van der Waals surface area contributed by atoms with E-state index in [1.807, 2.05) is 13.1 Å². The zero-order valence-electron chi connectivity index (χ0n) is 10.8. The molecule has 0 aliphatic carbocycles. The van der Waals surface area contributed by atoms with E-state index in [1.165, 1.54) is 12.1 Å². The van der Waals surface area contributed by atoms with Crippen molar-refractivity contribution in [2.24, 2.45) is 0 Å². The molecule has 3 nitrogen and oxygen atoms in total. The van der Waals surface area contributed by atoms with Crippen molar-refractivity contribution in [3.05, 3.63) is 47.5 Å². The first-order valence-corrected chi connectivity index (χ1v) is 6.21. The van der Waals surface area contributed by atoms with Gasteiger partial charge in [-0.3, -0.25) is 0 Å². The fraction of sp³-hybridized carbons (Fsp3) is 0.357. The molecule has 2 aromatic rings. The minimum absolute atomic E-state index is 0.206. The van der Waals surface area contributed by atoms with Gasteiger partial charge in [0.15, 0.2) is 0 Å². The average molecular weight is 247 g/mol. The summed E-state index contributed by atoms with van der Waals surface area (Å²) < 4.78 is 14.9. The van der Waals surface area contributed by atoms with Crippen molar-refractivity contribution < 1.29 is 4.39 Å². The van der Waals surface area contributed by atoms with Crippen LogP contribution in [0.5, 0.6) is 0 Å². The Balaban J connectivity index is 2.03. The number of aromatic nitrogens is 2. The Morgan fingerprint density at radius 2 is 2.00 bits per heavy atom. The highest BCUT2D eigenvalue weighted by molar-refractivity contribution is 5.31. The lowest BCUT2D eigenvalue weighted by atomic mass is 10.2. The maximum absolute atomic E-state index is 12.8. The molecule has 0 aliphatic rings. The van der Waals surface area contributed by atoms with Crippen molar-refractivity contribution in [1.29, 1.82) is 0 Å². The highest BCUT2D eigenvalue weighted by Crippen LogP contribution is 2.11. The number of anilines is 1. The van der Waals surface area contributed by atoms with Gasteiger partial charge in [0, 0.05) is 19.3 Å². The first-order chi connectivity index (χ1) is 8.69. The molecule has 1 aromatic carbocycles. The van der Waals surface area contributed by atoms with Crippen molar-refractivity contribution in [1.82, 2.24) is 9.55 Å². The van der Waals surface area contributed by atoms with E-state index in [-0.39, 0.29) is 5.82 Å². The summed E-state index contributed by atoms with van der Waals surface area (Å²) in [4.78, 5) is 4.44. The van der Waals surface area contributed by atoms with Crippen molar-refractivity contribution in [3.8, 4) is 0 Å². The zero-order valence-corrected chi connectivity index (χ0v) is 10.8. The molecule has 18 heavy (non-hydrogen) atoms. The third kappa shape index (κ3) is 3.09. The number of aryl methyl sites for hydroxylation is 2. The summed E-state index contributed by atoms with van der Waals surface area (Å²) in [7, 11) is 0. The highest BCUT2D eigenvalue weighted by Gasteiger charge is 2.04. The molecule has 0 saturated carbocycles. The zero-order chi connectivity index (χ0) is 13.0. The summed E-state index contributed by atoms with van der Waals surface area (Å²) in [5, 5.41) is 3.28. The molecule has 0 atom stereocenters. The second-order valence-corrected chi connectivity index (χ2v) is 4.38. The predicted molar refractivity (Wildman–Crippen MR) is 71.0 cm³/mol. The van der Waals surface area contributed by atoms with Gasteiger partial charge in [-0.05, 0) is 31.0 Å². The molecule has 0 bridgehead atoms. The van der Waals surface area contributed by atoms with Crippen LogP contribution in [0.25, 0.3) is 0 Å². The normalized spacial score (nSPS) is 10.6. The van der Waals surface area contributed by atoms with Gasteiger partial charge in [0.2, 0.25) is 5.95 Å². The topological polar surface area (TPSA) is 29.9 Å². The lowest BCUT2D eigenvalue weighted by Crippen LogP contribution is -2.07. The molecule has 2 rings (SSSR count). The summed E-state index contributed by atoms with van der Waals surface area (Å²) in [6, 6.07) is 6.51. The minimum Gasteiger partial charge on any atom is -0.352 e. The summed E-state index contributed by atoms with van der Waals surface area (Å²) >= 11 is 0. The molecule has 0 unspecified atom stereocenters. The van der Waals surface area contributed by atoms with Gasteiger partial charge in [-0.2, -0.15) is 0 Å². The van der Waals surface area contributed by atoms with E-state index in [1.54, 1.807) is 12.1 Å².